The van der Waals surface area contributed by atoms with Gasteiger partial charge in [0, 0.05) is 11.6 Å². The van der Waals surface area contributed by atoms with E-state index in [9.17, 15) is 18.0 Å². The van der Waals surface area contributed by atoms with E-state index in [4.69, 9.17) is 4.74 Å². The number of hydrogen-bond donors (Lipinski definition) is 1. The summed E-state index contributed by atoms with van der Waals surface area (Å²) in [6, 6.07) is 5.82. The van der Waals surface area contributed by atoms with Crippen molar-refractivity contribution in [2.75, 3.05) is 11.5 Å². The maximum absolute atomic E-state index is 12.2. The molecule has 7 heteroatoms. The van der Waals surface area contributed by atoms with Crippen molar-refractivity contribution in [2.45, 2.75) is 38.8 Å². The largest absolute Gasteiger partial charge is 0.456 e. The molecule has 0 spiro atoms. The number of hydrogen-bond acceptors (Lipinski definition) is 5. The first-order chi connectivity index (χ1) is 10.6. The lowest BCUT2D eigenvalue weighted by atomic mass is 10.1. The molecule has 0 radical (unpaired) electrons. The van der Waals surface area contributed by atoms with Crippen LogP contribution >= 0.6 is 0 Å². The second-order valence-electron chi connectivity index (χ2n) is 6.66. The molecule has 0 saturated carbocycles. The molecule has 1 aromatic rings. The van der Waals surface area contributed by atoms with E-state index < -0.39 is 27.3 Å². The lowest BCUT2D eigenvalue weighted by molar-refractivity contribution is 0.00695. The van der Waals surface area contributed by atoms with Crippen LogP contribution in [0.15, 0.2) is 24.3 Å². The second-order valence-corrected chi connectivity index (χ2v) is 8.88. The standard InChI is InChI=1S/C16H21NO5S/c1-16(2,3)22-15(19)12-6-4-5-11(9-12)14(18)17-13-7-8-23(20,21)10-13/h4-6,9,13H,7-8,10H2,1-3H3,(H,17,18). The van der Waals surface area contributed by atoms with Crippen molar-refractivity contribution in [3.8, 4) is 0 Å². The molecule has 1 aliphatic rings. The third-order valence-electron chi connectivity index (χ3n) is 3.33. The molecule has 126 valence electrons. The predicted octanol–water partition coefficient (Wildman–Crippen LogP) is 1.56. The van der Waals surface area contributed by atoms with E-state index in [-0.39, 0.29) is 23.1 Å². The van der Waals surface area contributed by atoms with Crippen molar-refractivity contribution in [3.63, 3.8) is 0 Å². The molecule has 6 nitrogen and oxygen atoms in total. The molecule has 1 aromatic carbocycles. The highest BCUT2D eigenvalue weighted by atomic mass is 32.2. The molecule has 1 aliphatic heterocycles. The smallest absolute Gasteiger partial charge is 0.338 e. The molecule has 0 aromatic heterocycles. The van der Waals surface area contributed by atoms with Crippen molar-refractivity contribution >= 4 is 21.7 Å². The topological polar surface area (TPSA) is 89.5 Å². The monoisotopic (exact) mass is 339 g/mol. The van der Waals surface area contributed by atoms with Gasteiger partial charge in [0.1, 0.15) is 5.60 Å². The maximum Gasteiger partial charge on any atom is 0.338 e. The number of benzene rings is 1. The van der Waals surface area contributed by atoms with Crippen molar-refractivity contribution in [3.05, 3.63) is 35.4 Å². The Morgan fingerprint density at radius 1 is 1.22 bits per heavy atom. The predicted molar refractivity (Wildman–Crippen MR) is 86.1 cm³/mol. The summed E-state index contributed by atoms with van der Waals surface area (Å²) < 4.78 is 28.1. The van der Waals surface area contributed by atoms with Gasteiger partial charge in [-0.2, -0.15) is 0 Å². The van der Waals surface area contributed by atoms with Crippen LogP contribution in [0.5, 0.6) is 0 Å². The summed E-state index contributed by atoms with van der Waals surface area (Å²) in [7, 11) is -3.05. The van der Waals surface area contributed by atoms with Crippen LogP contribution in [0.25, 0.3) is 0 Å². The average molecular weight is 339 g/mol. The van der Waals surface area contributed by atoms with Crippen LogP contribution in [0, 0.1) is 0 Å². The number of nitrogens with one attached hydrogen (secondary N) is 1. The molecule has 1 unspecified atom stereocenters. The molecule has 0 bridgehead atoms. The third kappa shape index (κ3) is 5.06. The van der Waals surface area contributed by atoms with Gasteiger partial charge in [0.25, 0.3) is 5.91 Å². The molecule has 0 aliphatic carbocycles. The Labute approximate surface area is 136 Å². The van der Waals surface area contributed by atoms with Gasteiger partial charge in [-0.25, -0.2) is 13.2 Å². The van der Waals surface area contributed by atoms with Gasteiger partial charge in [0.2, 0.25) is 0 Å². The quantitative estimate of drug-likeness (QED) is 0.844. The summed E-state index contributed by atoms with van der Waals surface area (Å²) >= 11 is 0. The minimum atomic E-state index is -3.05. The summed E-state index contributed by atoms with van der Waals surface area (Å²) in [5.74, 6) is -0.839. The van der Waals surface area contributed by atoms with Crippen molar-refractivity contribution in [1.82, 2.24) is 5.32 Å². The van der Waals surface area contributed by atoms with E-state index >= 15 is 0 Å². The maximum atomic E-state index is 12.2. The van der Waals surface area contributed by atoms with E-state index in [1.165, 1.54) is 6.07 Å². The van der Waals surface area contributed by atoms with E-state index in [1.54, 1.807) is 39.0 Å². The first kappa shape index (κ1) is 17.5. The number of amides is 1. The molecule has 23 heavy (non-hydrogen) atoms. The van der Waals surface area contributed by atoms with Gasteiger partial charge in [0.05, 0.1) is 17.1 Å². The highest BCUT2D eigenvalue weighted by Crippen LogP contribution is 2.15. The SMILES string of the molecule is CC(C)(C)OC(=O)c1cccc(C(=O)NC2CCS(=O)(=O)C2)c1. The first-order valence-electron chi connectivity index (χ1n) is 7.40. The Bertz CT molecular complexity index is 718. The summed E-state index contributed by atoms with van der Waals surface area (Å²) in [5.41, 5.74) is -0.0302. The Morgan fingerprint density at radius 2 is 1.87 bits per heavy atom. The fraction of sp³-hybridized carbons (Fsp3) is 0.500. The van der Waals surface area contributed by atoms with Crippen LogP contribution in [0.3, 0.4) is 0 Å². The van der Waals surface area contributed by atoms with Crippen LogP contribution in [0.4, 0.5) is 0 Å². The van der Waals surface area contributed by atoms with E-state index in [1.807, 2.05) is 0 Å². The highest BCUT2D eigenvalue weighted by Gasteiger charge is 2.29. The zero-order valence-corrected chi connectivity index (χ0v) is 14.3. The Morgan fingerprint density at radius 3 is 2.43 bits per heavy atom. The zero-order valence-electron chi connectivity index (χ0n) is 13.5. The Hall–Kier alpha value is -1.89. The number of sulfone groups is 1. The van der Waals surface area contributed by atoms with Crippen molar-refractivity contribution in [2.24, 2.45) is 0 Å². The minimum absolute atomic E-state index is 0.0372. The van der Waals surface area contributed by atoms with Crippen LogP contribution in [-0.2, 0) is 14.6 Å². The fourth-order valence-electron chi connectivity index (χ4n) is 2.30. The van der Waals surface area contributed by atoms with Gasteiger partial charge < -0.3 is 10.1 Å². The molecule has 1 saturated heterocycles. The van der Waals surface area contributed by atoms with Crippen molar-refractivity contribution in [1.29, 1.82) is 0 Å². The lowest BCUT2D eigenvalue weighted by Gasteiger charge is -2.19. The molecule has 1 heterocycles. The van der Waals surface area contributed by atoms with Crippen LogP contribution in [0.1, 0.15) is 47.9 Å². The number of carbonyl (C=O) groups is 2. The summed E-state index contributed by atoms with van der Waals surface area (Å²) in [5, 5.41) is 2.69. The van der Waals surface area contributed by atoms with Crippen LogP contribution < -0.4 is 5.32 Å². The molecule has 1 fully saturated rings. The molecule has 2 rings (SSSR count). The van der Waals surface area contributed by atoms with Gasteiger partial charge in [-0.1, -0.05) is 6.07 Å². The van der Waals surface area contributed by atoms with Gasteiger partial charge in [-0.05, 0) is 45.4 Å². The van der Waals surface area contributed by atoms with E-state index in [2.05, 4.69) is 5.32 Å². The summed E-state index contributed by atoms with van der Waals surface area (Å²) in [4.78, 5) is 24.2. The zero-order chi connectivity index (χ0) is 17.3. The summed E-state index contributed by atoms with van der Waals surface area (Å²) in [6.45, 7) is 5.30. The highest BCUT2D eigenvalue weighted by molar-refractivity contribution is 7.91. The first-order valence-corrected chi connectivity index (χ1v) is 9.23. The van der Waals surface area contributed by atoms with E-state index in [0.29, 0.717) is 12.0 Å². The fourth-order valence-corrected chi connectivity index (χ4v) is 3.98. The van der Waals surface area contributed by atoms with Crippen LogP contribution in [0.2, 0.25) is 0 Å². The molecular formula is C16H21NO5S. The Balaban J connectivity index is 2.07. The normalized spacial score (nSPS) is 20.0. The summed E-state index contributed by atoms with van der Waals surface area (Å²) in [6.07, 6.45) is 0.416. The minimum Gasteiger partial charge on any atom is -0.456 e. The third-order valence-corrected chi connectivity index (χ3v) is 5.09. The van der Waals surface area contributed by atoms with Gasteiger partial charge in [-0.3, -0.25) is 4.79 Å². The van der Waals surface area contributed by atoms with Crippen molar-refractivity contribution < 1.29 is 22.7 Å². The van der Waals surface area contributed by atoms with Gasteiger partial charge >= 0.3 is 5.97 Å². The van der Waals surface area contributed by atoms with E-state index in [0.717, 1.165) is 0 Å². The molecular weight excluding hydrogens is 318 g/mol. The lowest BCUT2D eigenvalue weighted by Crippen LogP contribution is -2.35. The molecule has 1 N–H and O–H groups in total. The molecule has 1 amide bonds. The van der Waals surface area contributed by atoms with Gasteiger partial charge in [0.15, 0.2) is 9.84 Å². The Kier molecular flexibility index (Phi) is 4.79. The average Bonchev–Trinajstić information content (AvgIpc) is 2.76. The second kappa shape index (κ2) is 6.31. The number of carbonyl (C=O) groups excluding carboxylic acids is 2. The van der Waals surface area contributed by atoms with Crippen LogP contribution in [-0.4, -0.2) is 43.4 Å². The molecule has 1 atom stereocenters. The van der Waals surface area contributed by atoms with Gasteiger partial charge in [-0.15, -0.1) is 0 Å². The number of rotatable bonds is 3. The number of ether oxygens (including phenoxy) is 1. The number of esters is 1.